The molecule has 0 amide bonds. The number of rotatable bonds is 2. The molecule has 0 radical (unpaired) electrons. The monoisotopic (exact) mass is 268 g/mol. The van der Waals surface area contributed by atoms with Crippen LogP contribution in [0.5, 0.6) is 0 Å². The lowest BCUT2D eigenvalue weighted by Gasteiger charge is -2.07. The zero-order chi connectivity index (χ0) is 14.3. The molecule has 0 unspecified atom stereocenters. The smallest absolute Gasteiger partial charge is 0.339 e. The first kappa shape index (κ1) is 12.2. The topological polar surface area (TPSA) is 94.0 Å². The number of carbonyl (C=O) groups is 1. The van der Waals surface area contributed by atoms with Crippen molar-refractivity contribution in [3.8, 4) is 5.69 Å². The van der Waals surface area contributed by atoms with Gasteiger partial charge in [-0.05, 0) is 19.1 Å². The number of aryl methyl sites for hydroxylation is 1. The molecule has 3 aromatic rings. The SMILES string of the molecule is Cc1nc2c(cnn2-c2ccccc2)c(N)c1C(=O)O. The molecule has 6 nitrogen and oxygen atoms in total. The van der Waals surface area contributed by atoms with Crippen molar-refractivity contribution >= 4 is 22.7 Å². The molecule has 2 heterocycles. The van der Waals surface area contributed by atoms with E-state index in [1.807, 2.05) is 30.3 Å². The number of pyridine rings is 1. The van der Waals surface area contributed by atoms with Gasteiger partial charge >= 0.3 is 5.97 Å². The second-order valence-corrected chi connectivity index (χ2v) is 4.42. The van der Waals surface area contributed by atoms with Crippen molar-refractivity contribution in [3.05, 3.63) is 47.8 Å². The largest absolute Gasteiger partial charge is 0.478 e. The molecular weight excluding hydrogens is 256 g/mol. The molecule has 3 N–H and O–H groups in total. The van der Waals surface area contributed by atoms with Gasteiger partial charge in [-0.1, -0.05) is 18.2 Å². The maximum Gasteiger partial charge on any atom is 0.339 e. The molecule has 0 bridgehead atoms. The van der Waals surface area contributed by atoms with Gasteiger partial charge in [-0.15, -0.1) is 0 Å². The number of hydrogen-bond acceptors (Lipinski definition) is 4. The van der Waals surface area contributed by atoms with Gasteiger partial charge in [-0.2, -0.15) is 5.10 Å². The molecule has 0 aliphatic rings. The van der Waals surface area contributed by atoms with Gasteiger partial charge in [0.15, 0.2) is 5.65 Å². The fraction of sp³-hybridized carbons (Fsp3) is 0.0714. The Labute approximate surface area is 114 Å². The molecule has 0 aliphatic heterocycles. The van der Waals surface area contributed by atoms with Crippen LogP contribution in [0.3, 0.4) is 0 Å². The number of hydrogen-bond donors (Lipinski definition) is 2. The number of nitrogen functional groups attached to an aromatic ring is 1. The second-order valence-electron chi connectivity index (χ2n) is 4.42. The van der Waals surface area contributed by atoms with E-state index in [2.05, 4.69) is 10.1 Å². The Hall–Kier alpha value is -2.89. The van der Waals surface area contributed by atoms with Crippen LogP contribution in [0.15, 0.2) is 36.5 Å². The van der Waals surface area contributed by atoms with Gasteiger partial charge in [0.25, 0.3) is 0 Å². The van der Waals surface area contributed by atoms with E-state index in [0.717, 1.165) is 5.69 Å². The molecule has 0 atom stereocenters. The lowest BCUT2D eigenvalue weighted by atomic mass is 10.1. The van der Waals surface area contributed by atoms with Gasteiger partial charge in [-0.25, -0.2) is 14.5 Å². The maximum atomic E-state index is 11.2. The molecule has 2 aromatic heterocycles. The number of anilines is 1. The molecule has 20 heavy (non-hydrogen) atoms. The summed E-state index contributed by atoms with van der Waals surface area (Å²) in [6, 6.07) is 9.48. The molecule has 100 valence electrons. The second kappa shape index (κ2) is 4.34. The molecule has 3 rings (SSSR count). The molecular formula is C14H12N4O2. The van der Waals surface area contributed by atoms with Crippen molar-refractivity contribution in [2.45, 2.75) is 6.92 Å². The fourth-order valence-electron chi connectivity index (χ4n) is 2.21. The lowest BCUT2D eigenvalue weighted by Crippen LogP contribution is -2.08. The van der Waals surface area contributed by atoms with E-state index in [0.29, 0.717) is 16.7 Å². The van der Waals surface area contributed by atoms with E-state index in [9.17, 15) is 9.90 Å². The zero-order valence-corrected chi connectivity index (χ0v) is 10.7. The average molecular weight is 268 g/mol. The predicted octanol–water partition coefficient (Wildman–Crippen LogP) is 2.01. The summed E-state index contributed by atoms with van der Waals surface area (Å²) < 4.78 is 1.64. The summed E-state index contributed by atoms with van der Waals surface area (Å²) in [6.45, 7) is 1.63. The molecule has 1 aromatic carbocycles. The van der Waals surface area contributed by atoms with Crippen LogP contribution in [-0.2, 0) is 0 Å². The van der Waals surface area contributed by atoms with Crippen molar-refractivity contribution in [2.75, 3.05) is 5.73 Å². The van der Waals surface area contributed by atoms with Crippen LogP contribution >= 0.6 is 0 Å². The predicted molar refractivity (Wildman–Crippen MR) is 75.0 cm³/mol. The summed E-state index contributed by atoms with van der Waals surface area (Å²) >= 11 is 0. The van der Waals surface area contributed by atoms with Crippen LogP contribution in [0.1, 0.15) is 16.1 Å². The van der Waals surface area contributed by atoms with Crippen molar-refractivity contribution in [1.82, 2.24) is 14.8 Å². The Bertz CT molecular complexity index is 809. The molecule has 6 heteroatoms. The summed E-state index contributed by atoms with van der Waals surface area (Å²) in [6.07, 6.45) is 1.54. The number of carboxylic acids is 1. The van der Waals surface area contributed by atoms with E-state index in [-0.39, 0.29) is 11.3 Å². The minimum atomic E-state index is -1.08. The van der Waals surface area contributed by atoms with Gasteiger partial charge in [0.05, 0.1) is 28.7 Å². The van der Waals surface area contributed by atoms with Crippen LogP contribution in [0.2, 0.25) is 0 Å². The first-order valence-corrected chi connectivity index (χ1v) is 6.02. The Morgan fingerprint density at radius 1 is 1.30 bits per heavy atom. The maximum absolute atomic E-state index is 11.2. The third kappa shape index (κ3) is 1.70. The molecule has 0 aliphatic carbocycles. The minimum Gasteiger partial charge on any atom is -0.478 e. The quantitative estimate of drug-likeness (QED) is 0.741. The summed E-state index contributed by atoms with van der Waals surface area (Å²) in [7, 11) is 0. The Morgan fingerprint density at radius 2 is 2.00 bits per heavy atom. The van der Waals surface area contributed by atoms with Crippen molar-refractivity contribution in [2.24, 2.45) is 0 Å². The Morgan fingerprint density at radius 3 is 2.65 bits per heavy atom. The number of fused-ring (bicyclic) bond motifs is 1. The highest BCUT2D eigenvalue weighted by Crippen LogP contribution is 2.27. The number of aromatic nitrogens is 3. The van der Waals surface area contributed by atoms with Gasteiger partial charge in [0.2, 0.25) is 0 Å². The highest BCUT2D eigenvalue weighted by molar-refractivity contribution is 6.03. The summed E-state index contributed by atoms with van der Waals surface area (Å²) in [4.78, 5) is 15.5. The number of carboxylic acid groups (broad SMARTS) is 1. The van der Waals surface area contributed by atoms with Crippen LogP contribution < -0.4 is 5.73 Å². The standard InChI is InChI=1S/C14H12N4O2/c1-8-11(14(19)20)12(15)10-7-16-18(13(10)17-8)9-5-3-2-4-6-9/h2-7H,1H3,(H2,15,17)(H,19,20). The van der Waals surface area contributed by atoms with Crippen LogP contribution in [-0.4, -0.2) is 25.8 Å². The number of para-hydroxylation sites is 1. The van der Waals surface area contributed by atoms with E-state index in [1.54, 1.807) is 11.6 Å². The number of nitrogens with zero attached hydrogens (tertiary/aromatic N) is 3. The number of aromatic carboxylic acids is 1. The van der Waals surface area contributed by atoms with E-state index < -0.39 is 5.97 Å². The van der Waals surface area contributed by atoms with Crippen LogP contribution in [0, 0.1) is 6.92 Å². The lowest BCUT2D eigenvalue weighted by molar-refractivity contribution is 0.0697. The number of benzene rings is 1. The van der Waals surface area contributed by atoms with E-state index >= 15 is 0 Å². The fourth-order valence-corrected chi connectivity index (χ4v) is 2.21. The third-order valence-corrected chi connectivity index (χ3v) is 3.15. The van der Waals surface area contributed by atoms with Crippen LogP contribution in [0.25, 0.3) is 16.7 Å². The molecule has 0 fully saturated rings. The third-order valence-electron chi connectivity index (χ3n) is 3.15. The van der Waals surface area contributed by atoms with Crippen molar-refractivity contribution < 1.29 is 9.90 Å². The highest BCUT2D eigenvalue weighted by Gasteiger charge is 2.19. The van der Waals surface area contributed by atoms with E-state index in [1.165, 1.54) is 6.20 Å². The Kier molecular flexibility index (Phi) is 2.64. The van der Waals surface area contributed by atoms with Crippen molar-refractivity contribution in [3.63, 3.8) is 0 Å². The zero-order valence-electron chi connectivity index (χ0n) is 10.7. The molecule has 0 spiro atoms. The van der Waals surface area contributed by atoms with Gasteiger partial charge in [0, 0.05) is 0 Å². The van der Waals surface area contributed by atoms with E-state index in [4.69, 9.17) is 5.73 Å². The summed E-state index contributed by atoms with van der Waals surface area (Å²) in [5.74, 6) is -1.08. The van der Waals surface area contributed by atoms with Gasteiger partial charge < -0.3 is 10.8 Å². The van der Waals surface area contributed by atoms with Crippen LogP contribution in [0.4, 0.5) is 5.69 Å². The molecule has 0 saturated carbocycles. The first-order valence-electron chi connectivity index (χ1n) is 6.02. The first-order chi connectivity index (χ1) is 9.59. The van der Waals surface area contributed by atoms with Gasteiger partial charge in [0.1, 0.15) is 5.56 Å². The summed E-state index contributed by atoms with van der Waals surface area (Å²) in [5, 5.41) is 14.0. The highest BCUT2D eigenvalue weighted by atomic mass is 16.4. The molecule has 0 saturated heterocycles. The van der Waals surface area contributed by atoms with Crippen molar-refractivity contribution in [1.29, 1.82) is 0 Å². The van der Waals surface area contributed by atoms with Gasteiger partial charge in [-0.3, -0.25) is 0 Å². The average Bonchev–Trinajstić information content (AvgIpc) is 2.83. The Balaban J connectivity index is 2.33. The number of nitrogens with two attached hydrogens (primary N) is 1. The normalized spacial score (nSPS) is 10.8. The summed E-state index contributed by atoms with van der Waals surface area (Å²) in [5.41, 5.74) is 7.94. The minimum absolute atomic E-state index is 0.0325.